The van der Waals surface area contributed by atoms with E-state index in [2.05, 4.69) is 29.2 Å². The van der Waals surface area contributed by atoms with Gasteiger partial charge in [0.1, 0.15) is 0 Å². The Morgan fingerprint density at radius 2 is 2.06 bits per heavy atom. The number of fused-ring (bicyclic) bond motifs is 1. The Balaban J connectivity index is 1.75. The van der Waals surface area contributed by atoms with Crippen LogP contribution in [0.3, 0.4) is 0 Å². The van der Waals surface area contributed by atoms with E-state index in [4.69, 9.17) is 10.5 Å². The third kappa shape index (κ3) is 1.87. The Hall–Kier alpha value is -0.900. The molecule has 0 bridgehead atoms. The molecule has 0 saturated heterocycles. The fourth-order valence-corrected chi connectivity index (χ4v) is 3.41. The van der Waals surface area contributed by atoms with Crippen LogP contribution in [0.5, 0.6) is 0 Å². The van der Waals surface area contributed by atoms with Crippen LogP contribution in [0.2, 0.25) is 0 Å². The number of methoxy groups -OCH3 is 1. The SMILES string of the molecule is COC1CC(CN)(N2CCc3ccccc3C2)C1. The first-order valence-electron chi connectivity index (χ1n) is 6.82. The largest absolute Gasteiger partial charge is 0.381 e. The minimum atomic E-state index is 0.189. The quantitative estimate of drug-likeness (QED) is 0.879. The Morgan fingerprint density at radius 3 is 2.72 bits per heavy atom. The second-order valence-electron chi connectivity index (χ2n) is 5.63. The Kier molecular flexibility index (Phi) is 3.14. The molecule has 1 saturated carbocycles. The van der Waals surface area contributed by atoms with Gasteiger partial charge >= 0.3 is 0 Å². The summed E-state index contributed by atoms with van der Waals surface area (Å²) in [7, 11) is 1.80. The molecule has 18 heavy (non-hydrogen) atoms. The number of benzene rings is 1. The van der Waals surface area contributed by atoms with Crippen molar-refractivity contribution >= 4 is 0 Å². The van der Waals surface area contributed by atoms with E-state index in [1.807, 2.05) is 0 Å². The van der Waals surface area contributed by atoms with Crippen LogP contribution in [-0.2, 0) is 17.7 Å². The van der Waals surface area contributed by atoms with Crippen molar-refractivity contribution in [1.29, 1.82) is 0 Å². The molecule has 2 aliphatic rings. The van der Waals surface area contributed by atoms with Gasteiger partial charge in [-0.1, -0.05) is 24.3 Å². The Morgan fingerprint density at radius 1 is 1.33 bits per heavy atom. The van der Waals surface area contributed by atoms with Crippen molar-refractivity contribution in [2.24, 2.45) is 5.73 Å². The van der Waals surface area contributed by atoms with Crippen molar-refractivity contribution in [1.82, 2.24) is 4.90 Å². The average molecular weight is 246 g/mol. The summed E-state index contributed by atoms with van der Waals surface area (Å²) in [5.41, 5.74) is 9.20. The smallest absolute Gasteiger partial charge is 0.0607 e. The summed E-state index contributed by atoms with van der Waals surface area (Å²) in [4.78, 5) is 2.57. The summed E-state index contributed by atoms with van der Waals surface area (Å²) < 4.78 is 5.42. The van der Waals surface area contributed by atoms with Gasteiger partial charge in [0.2, 0.25) is 0 Å². The van der Waals surface area contributed by atoms with Gasteiger partial charge in [0, 0.05) is 32.3 Å². The molecule has 1 aromatic rings. The van der Waals surface area contributed by atoms with Gasteiger partial charge in [-0.3, -0.25) is 4.90 Å². The summed E-state index contributed by atoms with van der Waals surface area (Å²) in [6.45, 7) is 2.92. The van der Waals surface area contributed by atoms with E-state index < -0.39 is 0 Å². The molecule has 3 heteroatoms. The van der Waals surface area contributed by atoms with Crippen molar-refractivity contribution in [3.63, 3.8) is 0 Å². The summed E-state index contributed by atoms with van der Waals surface area (Å²) in [5, 5.41) is 0. The molecule has 1 fully saturated rings. The van der Waals surface area contributed by atoms with Crippen LogP contribution in [0.25, 0.3) is 0 Å². The van der Waals surface area contributed by atoms with Gasteiger partial charge in [-0.15, -0.1) is 0 Å². The lowest BCUT2D eigenvalue weighted by atomic mass is 9.72. The Bertz CT molecular complexity index is 426. The summed E-state index contributed by atoms with van der Waals surface area (Å²) in [5.74, 6) is 0. The molecule has 0 radical (unpaired) electrons. The molecule has 2 N–H and O–H groups in total. The molecule has 0 unspecified atom stereocenters. The van der Waals surface area contributed by atoms with Crippen molar-refractivity contribution < 1.29 is 4.74 Å². The fourth-order valence-electron chi connectivity index (χ4n) is 3.41. The highest BCUT2D eigenvalue weighted by molar-refractivity contribution is 5.30. The molecule has 1 aliphatic carbocycles. The highest BCUT2D eigenvalue weighted by Crippen LogP contribution is 2.41. The third-order valence-corrected chi connectivity index (χ3v) is 4.73. The average Bonchev–Trinajstić information content (AvgIpc) is 2.38. The zero-order valence-corrected chi connectivity index (χ0v) is 11.1. The highest BCUT2D eigenvalue weighted by atomic mass is 16.5. The molecular weight excluding hydrogens is 224 g/mol. The molecule has 1 aromatic carbocycles. The summed E-state index contributed by atoms with van der Waals surface area (Å²) in [6, 6.07) is 8.77. The summed E-state index contributed by atoms with van der Waals surface area (Å²) in [6.07, 6.45) is 3.73. The van der Waals surface area contributed by atoms with Crippen LogP contribution in [0.15, 0.2) is 24.3 Å². The van der Waals surface area contributed by atoms with Crippen molar-refractivity contribution in [2.75, 3.05) is 20.2 Å². The molecule has 98 valence electrons. The van der Waals surface area contributed by atoms with Gasteiger partial charge in [-0.25, -0.2) is 0 Å². The zero-order chi connectivity index (χ0) is 12.6. The molecule has 1 heterocycles. The Labute approximate surface area is 109 Å². The van der Waals surface area contributed by atoms with Crippen molar-refractivity contribution in [3.05, 3.63) is 35.4 Å². The molecular formula is C15H22N2O. The second-order valence-corrected chi connectivity index (χ2v) is 5.63. The number of ether oxygens (including phenoxy) is 1. The van der Waals surface area contributed by atoms with Gasteiger partial charge in [-0.05, 0) is 30.4 Å². The maximum Gasteiger partial charge on any atom is 0.0607 e. The molecule has 0 atom stereocenters. The zero-order valence-electron chi connectivity index (χ0n) is 11.1. The van der Waals surface area contributed by atoms with Crippen LogP contribution in [0.1, 0.15) is 24.0 Å². The lowest BCUT2D eigenvalue weighted by Crippen LogP contribution is -2.64. The van der Waals surface area contributed by atoms with Gasteiger partial charge in [0.15, 0.2) is 0 Å². The molecule has 0 spiro atoms. The normalized spacial score (nSPS) is 31.8. The minimum Gasteiger partial charge on any atom is -0.381 e. The molecule has 3 nitrogen and oxygen atoms in total. The maximum atomic E-state index is 6.04. The molecule has 0 amide bonds. The third-order valence-electron chi connectivity index (χ3n) is 4.73. The van der Waals surface area contributed by atoms with E-state index in [9.17, 15) is 0 Å². The lowest BCUT2D eigenvalue weighted by molar-refractivity contribution is -0.0923. The van der Waals surface area contributed by atoms with Crippen molar-refractivity contribution in [2.45, 2.75) is 37.5 Å². The molecule has 0 aromatic heterocycles. The van der Waals surface area contributed by atoms with Crippen LogP contribution >= 0.6 is 0 Å². The van der Waals surface area contributed by atoms with Crippen LogP contribution in [-0.4, -0.2) is 36.7 Å². The van der Waals surface area contributed by atoms with Gasteiger partial charge in [-0.2, -0.15) is 0 Å². The van der Waals surface area contributed by atoms with E-state index in [1.54, 1.807) is 7.11 Å². The van der Waals surface area contributed by atoms with Crippen LogP contribution in [0, 0.1) is 0 Å². The first-order chi connectivity index (χ1) is 8.77. The number of hydrogen-bond acceptors (Lipinski definition) is 3. The first kappa shape index (κ1) is 12.2. The molecule has 3 rings (SSSR count). The van der Waals surface area contributed by atoms with Crippen LogP contribution in [0.4, 0.5) is 0 Å². The fraction of sp³-hybridized carbons (Fsp3) is 0.600. The number of rotatable bonds is 3. The number of hydrogen-bond donors (Lipinski definition) is 1. The summed E-state index contributed by atoms with van der Waals surface area (Å²) >= 11 is 0. The van der Waals surface area contributed by atoms with E-state index in [0.29, 0.717) is 6.10 Å². The maximum absolute atomic E-state index is 6.04. The van der Waals surface area contributed by atoms with E-state index in [1.165, 1.54) is 11.1 Å². The number of nitrogens with two attached hydrogens (primary N) is 1. The van der Waals surface area contributed by atoms with Crippen LogP contribution < -0.4 is 5.73 Å². The van der Waals surface area contributed by atoms with Gasteiger partial charge < -0.3 is 10.5 Å². The van der Waals surface area contributed by atoms with E-state index in [-0.39, 0.29) is 5.54 Å². The predicted octanol–water partition coefficient (Wildman–Crippen LogP) is 1.55. The topological polar surface area (TPSA) is 38.5 Å². The highest BCUT2D eigenvalue weighted by Gasteiger charge is 2.48. The van der Waals surface area contributed by atoms with Gasteiger partial charge in [0.25, 0.3) is 0 Å². The van der Waals surface area contributed by atoms with Crippen molar-refractivity contribution in [3.8, 4) is 0 Å². The minimum absolute atomic E-state index is 0.189. The van der Waals surface area contributed by atoms with Gasteiger partial charge in [0.05, 0.1) is 6.10 Å². The monoisotopic (exact) mass is 246 g/mol. The van der Waals surface area contributed by atoms with E-state index >= 15 is 0 Å². The lowest BCUT2D eigenvalue weighted by Gasteiger charge is -2.54. The van der Waals surface area contributed by atoms with E-state index in [0.717, 1.165) is 38.9 Å². The first-order valence-corrected chi connectivity index (χ1v) is 6.82. The standard InChI is InChI=1S/C15H22N2O/c1-18-14-8-15(9-14,11-16)17-7-6-12-4-2-3-5-13(12)10-17/h2-5,14H,6-11,16H2,1H3. The predicted molar refractivity (Wildman–Crippen MR) is 72.4 cm³/mol. The number of nitrogens with zero attached hydrogens (tertiary/aromatic N) is 1. The molecule has 1 aliphatic heterocycles. The second kappa shape index (κ2) is 4.65.